The number of hydrogen-bond donors (Lipinski definition) is 1. The van der Waals surface area contributed by atoms with Crippen LogP contribution >= 0.6 is 0 Å². The van der Waals surface area contributed by atoms with Gasteiger partial charge in [-0.25, -0.2) is 0 Å². The molecule has 4 fully saturated rings. The van der Waals surface area contributed by atoms with Crippen molar-refractivity contribution in [2.75, 3.05) is 0 Å². The fourth-order valence-electron chi connectivity index (χ4n) is 10.4. The quantitative estimate of drug-likeness (QED) is 0.261. The van der Waals surface area contributed by atoms with E-state index in [1.165, 1.54) is 18.1 Å². The summed E-state index contributed by atoms with van der Waals surface area (Å²) in [4.78, 5) is 24.8. The zero-order chi connectivity index (χ0) is 27.3. The normalized spacial score (nSPS) is 45.4. The maximum atomic E-state index is 12.9. The van der Waals surface area contributed by atoms with Gasteiger partial charge in [0.1, 0.15) is 18.0 Å². The third-order valence-corrected chi connectivity index (χ3v) is 12.5. The summed E-state index contributed by atoms with van der Waals surface area (Å²) in [5.74, 6) is 0.947. The number of carbonyl (C=O) groups excluding carboxylic acids is 2. The highest BCUT2D eigenvalue weighted by Gasteiger charge is 2.69. The van der Waals surface area contributed by atoms with Crippen LogP contribution in [0.25, 0.3) is 0 Å². The molecule has 0 bridgehead atoms. The van der Waals surface area contributed by atoms with Gasteiger partial charge in [-0.3, -0.25) is 9.59 Å². The number of carbonyl (C=O) groups is 2. The summed E-state index contributed by atoms with van der Waals surface area (Å²) < 4.78 is 11.7. The Labute approximate surface area is 224 Å². The van der Waals surface area contributed by atoms with Crippen molar-refractivity contribution in [2.45, 2.75) is 138 Å². The molecule has 0 spiro atoms. The lowest BCUT2D eigenvalue weighted by molar-refractivity contribution is -0.208. The van der Waals surface area contributed by atoms with Crippen molar-refractivity contribution in [1.82, 2.24) is 0 Å². The van der Waals surface area contributed by atoms with E-state index in [0.29, 0.717) is 18.1 Å². The highest BCUT2D eigenvalue weighted by molar-refractivity contribution is 5.85. The van der Waals surface area contributed by atoms with Crippen molar-refractivity contribution in [3.63, 3.8) is 0 Å². The van der Waals surface area contributed by atoms with Crippen molar-refractivity contribution >= 4 is 11.8 Å². The molecule has 0 amide bonds. The number of ether oxygens (including phenoxy) is 2. The molecule has 5 heteroatoms. The van der Waals surface area contributed by atoms with Gasteiger partial charge in [-0.2, -0.15) is 0 Å². The van der Waals surface area contributed by atoms with E-state index in [1.807, 2.05) is 0 Å². The summed E-state index contributed by atoms with van der Waals surface area (Å²) in [7, 11) is 0. The van der Waals surface area contributed by atoms with E-state index >= 15 is 0 Å². The van der Waals surface area contributed by atoms with Gasteiger partial charge in [-0.1, -0.05) is 52.7 Å². The first kappa shape index (κ1) is 27.4. The smallest absolute Gasteiger partial charge is 0.302 e. The van der Waals surface area contributed by atoms with E-state index in [0.717, 1.165) is 44.9 Å². The number of allylic oxidation sites excluding steroid dienone is 1. The number of aliphatic hydroxyl groups excluding tert-OH is 1. The molecule has 0 aromatic rings. The first-order valence-corrected chi connectivity index (χ1v) is 14.8. The van der Waals surface area contributed by atoms with Crippen LogP contribution in [-0.4, -0.2) is 40.8 Å². The van der Waals surface area contributed by atoms with E-state index in [4.69, 9.17) is 9.47 Å². The Morgan fingerprint density at radius 3 is 2.32 bits per heavy atom. The maximum absolute atomic E-state index is 12.9. The molecular formula is C32H50O5. The molecular weight excluding hydrogens is 464 g/mol. The van der Waals surface area contributed by atoms with Gasteiger partial charge in [-0.15, -0.1) is 0 Å². The molecule has 3 saturated carbocycles. The van der Waals surface area contributed by atoms with E-state index in [9.17, 15) is 14.7 Å². The number of hydrogen-bond acceptors (Lipinski definition) is 5. The monoisotopic (exact) mass is 514 g/mol. The largest absolute Gasteiger partial charge is 0.460 e. The van der Waals surface area contributed by atoms with E-state index < -0.39 is 0 Å². The van der Waals surface area contributed by atoms with Gasteiger partial charge in [0.25, 0.3) is 0 Å². The Hall–Kier alpha value is -1.20. The van der Waals surface area contributed by atoms with Crippen LogP contribution in [0.4, 0.5) is 0 Å². The van der Waals surface area contributed by atoms with Gasteiger partial charge < -0.3 is 14.6 Å². The molecule has 5 nitrogen and oxygen atoms in total. The van der Waals surface area contributed by atoms with Crippen molar-refractivity contribution in [3.05, 3.63) is 11.1 Å². The zero-order valence-corrected chi connectivity index (χ0v) is 24.7. The molecule has 9 atom stereocenters. The lowest BCUT2D eigenvalue weighted by atomic mass is 9.36. The third-order valence-electron chi connectivity index (χ3n) is 12.5. The molecule has 0 radical (unpaired) electrons. The molecule has 1 N–H and O–H groups in total. The molecule has 0 aromatic carbocycles. The van der Waals surface area contributed by atoms with Gasteiger partial charge >= 0.3 is 5.97 Å². The Bertz CT molecular complexity index is 1020. The summed E-state index contributed by atoms with van der Waals surface area (Å²) in [5.41, 5.74) is 2.41. The minimum Gasteiger partial charge on any atom is -0.460 e. The van der Waals surface area contributed by atoms with Crippen LogP contribution in [0.2, 0.25) is 0 Å². The summed E-state index contributed by atoms with van der Waals surface area (Å²) in [6.07, 6.45) is 6.64. The second kappa shape index (κ2) is 8.40. The maximum Gasteiger partial charge on any atom is 0.302 e. The predicted molar refractivity (Wildman–Crippen MR) is 144 cm³/mol. The van der Waals surface area contributed by atoms with E-state index in [-0.39, 0.29) is 63.4 Å². The van der Waals surface area contributed by atoms with Gasteiger partial charge in [0.05, 0.1) is 11.7 Å². The molecule has 1 aliphatic heterocycles. The van der Waals surface area contributed by atoms with Crippen LogP contribution < -0.4 is 0 Å². The van der Waals surface area contributed by atoms with Crippen LogP contribution in [0.15, 0.2) is 11.1 Å². The summed E-state index contributed by atoms with van der Waals surface area (Å²) in [6.45, 7) is 19.5. The van der Waals surface area contributed by atoms with Crippen LogP contribution in [0, 0.1) is 39.4 Å². The second-order valence-electron chi connectivity index (χ2n) is 15.2. The first-order chi connectivity index (χ1) is 17.0. The van der Waals surface area contributed by atoms with Crippen LogP contribution in [0.3, 0.4) is 0 Å². The van der Waals surface area contributed by atoms with Gasteiger partial charge in [-0.05, 0) is 92.8 Å². The Morgan fingerprint density at radius 2 is 1.73 bits per heavy atom. The third kappa shape index (κ3) is 3.84. The summed E-state index contributed by atoms with van der Waals surface area (Å²) in [5, 5.41) is 11.9. The first-order valence-electron chi connectivity index (χ1n) is 14.8. The summed E-state index contributed by atoms with van der Waals surface area (Å²) in [6, 6.07) is 0. The topological polar surface area (TPSA) is 76.1 Å². The molecule has 5 rings (SSSR count). The van der Waals surface area contributed by atoms with E-state index in [1.54, 1.807) is 0 Å². The van der Waals surface area contributed by atoms with E-state index in [2.05, 4.69) is 55.4 Å². The number of Topliss-reactive ketones (excluding diaryl/α,β-unsaturated/α-hetero) is 1. The van der Waals surface area contributed by atoms with Crippen molar-refractivity contribution in [3.8, 4) is 0 Å². The number of epoxide rings is 1. The predicted octanol–water partition coefficient (Wildman–Crippen LogP) is 6.41. The SMILES string of the molecule is CC(=O)O[C@@H](C[C@@H](C)C1=C2C[C@H](O)C3[C@@]4(C)CCC(=O)C(C)(C)C4CC[C@]3(C)[C@@]2(C)CC1)C1OC1(C)C. The lowest BCUT2D eigenvalue weighted by Gasteiger charge is -2.69. The highest BCUT2D eigenvalue weighted by Crippen LogP contribution is 2.74. The van der Waals surface area contributed by atoms with Crippen molar-refractivity contribution in [1.29, 1.82) is 0 Å². The Morgan fingerprint density at radius 1 is 1.08 bits per heavy atom. The van der Waals surface area contributed by atoms with Crippen molar-refractivity contribution < 1.29 is 24.2 Å². The fourth-order valence-corrected chi connectivity index (χ4v) is 10.4. The molecule has 3 unspecified atom stereocenters. The minimum absolute atomic E-state index is 0.0000676. The molecule has 1 saturated heterocycles. The molecule has 4 aliphatic carbocycles. The second-order valence-corrected chi connectivity index (χ2v) is 15.2. The minimum atomic E-state index is -0.389. The fraction of sp³-hybridized carbons (Fsp3) is 0.875. The number of fused-ring (bicyclic) bond motifs is 5. The number of rotatable bonds is 5. The van der Waals surface area contributed by atoms with Gasteiger partial charge in [0.15, 0.2) is 0 Å². The Kier molecular flexibility index (Phi) is 6.21. The molecule has 0 aromatic heterocycles. The van der Waals surface area contributed by atoms with Crippen LogP contribution in [0.1, 0.15) is 114 Å². The van der Waals surface area contributed by atoms with Crippen LogP contribution in [0.5, 0.6) is 0 Å². The average Bonchev–Trinajstić information content (AvgIpc) is 3.27. The average molecular weight is 515 g/mol. The number of ketones is 1. The van der Waals surface area contributed by atoms with Crippen LogP contribution in [-0.2, 0) is 19.1 Å². The number of aliphatic hydroxyl groups is 1. The molecule has 5 aliphatic rings. The summed E-state index contributed by atoms with van der Waals surface area (Å²) >= 11 is 0. The highest BCUT2D eigenvalue weighted by atomic mass is 16.6. The molecule has 1 heterocycles. The van der Waals surface area contributed by atoms with Crippen molar-refractivity contribution in [2.24, 2.45) is 39.4 Å². The Balaban J connectivity index is 1.46. The zero-order valence-electron chi connectivity index (χ0n) is 24.7. The number of esters is 1. The van der Waals surface area contributed by atoms with Gasteiger partial charge in [0, 0.05) is 18.8 Å². The lowest BCUT2D eigenvalue weighted by Crippen LogP contribution is -2.65. The van der Waals surface area contributed by atoms with Gasteiger partial charge in [0.2, 0.25) is 0 Å². The molecule has 208 valence electrons. The standard InChI is InChI=1S/C32H50O5/c1-18(16-23(36-19(2)33)27-29(5,6)37-27)20-10-14-31(8)21(20)17-22(34)26-30(7)13-12-25(35)28(3,4)24(30)11-15-32(26,31)9/h18,22-24,26-27,34H,10-17H2,1-9H3/t18-,22+,23+,24?,26?,27?,30+,31+,32+/m1/s1. The molecule has 37 heavy (non-hydrogen) atoms.